The molecule has 0 heterocycles. The summed E-state index contributed by atoms with van der Waals surface area (Å²) in [5, 5.41) is 0. The third kappa shape index (κ3) is 2.58. The number of hydrogen-bond acceptors (Lipinski definition) is 1. The number of rotatable bonds is 3. The Hall–Kier alpha value is -1.31. The zero-order valence-electron chi connectivity index (χ0n) is 8.13. The van der Waals surface area contributed by atoms with Crippen LogP contribution in [0.5, 0.6) is 0 Å². The Morgan fingerprint density at radius 3 is 2.62 bits per heavy atom. The second kappa shape index (κ2) is 4.08. The third-order valence-corrected chi connectivity index (χ3v) is 1.96. The molecule has 70 valence electrons. The highest BCUT2D eigenvalue weighted by atomic mass is 16.1. The van der Waals surface area contributed by atoms with Gasteiger partial charge in [0.1, 0.15) is 0 Å². The van der Waals surface area contributed by atoms with Gasteiger partial charge in [0.25, 0.3) is 0 Å². The first-order valence-corrected chi connectivity index (χ1v) is 4.54. The van der Waals surface area contributed by atoms with E-state index in [0.717, 1.165) is 18.4 Å². The summed E-state index contributed by atoms with van der Waals surface area (Å²) in [7, 11) is 0. The van der Waals surface area contributed by atoms with Gasteiger partial charge in [-0.3, -0.25) is 4.79 Å². The minimum Gasteiger partial charge on any atom is -0.366 e. The Morgan fingerprint density at radius 1 is 1.38 bits per heavy atom. The molecule has 0 aliphatic heterocycles. The fourth-order valence-electron chi connectivity index (χ4n) is 1.44. The average molecular weight is 177 g/mol. The molecular weight excluding hydrogens is 162 g/mol. The van der Waals surface area contributed by atoms with E-state index in [0.29, 0.717) is 5.56 Å². The van der Waals surface area contributed by atoms with E-state index in [1.807, 2.05) is 19.1 Å². The number of primary amides is 1. The summed E-state index contributed by atoms with van der Waals surface area (Å²) in [6, 6.07) is 5.79. The standard InChI is InChI=1S/C11H15NO/c1-3-4-9-5-8(2)6-10(7-9)11(12)13/h5-7H,3-4H2,1-2H3,(H2,12,13). The van der Waals surface area contributed by atoms with E-state index in [1.54, 1.807) is 0 Å². The SMILES string of the molecule is CCCc1cc(C)cc(C(N)=O)c1. The van der Waals surface area contributed by atoms with E-state index in [4.69, 9.17) is 5.73 Å². The number of carbonyl (C=O) groups is 1. The molecule has 2 heteroatoms. The quantitative estimate of drug-likeness (QED) is 0.754. The molecule has 1 aromatic carbocycles. The molecule has 0 aliphatic rings. The van der Waals surface area contributed by atoms with Crippen LogP contribution < -0.4 is 5.73 Å². The summed E-state index contributed by atoms with van der Waals surface area (Å²) >= 11 is 0. The summed E-state index contributed by atoms with van der Waals surface area (Å²) in [6.45, 7) is 4.10. The first-order valence-electron chi connectivity index (χ1n) is 4.54. The molecule has 0 radical (unpaired) electrons. The lowest BCUT2D eigenvalue weighted by molar-refractivity contribution is 0.1000. The minimum atomic E-state index is -0.346. The highest BCUT2D eigenvalue weighted by molar-refractivity contribution is 5.93. The summed E-state index contributed by atoms with van der Waals surface area (Å²) in [5.41, 5.74) is 8.11. The van der Waals surface area contributed by atoms with Crippen molar-refractivity contribution in [3.8, 4) is 0 Å². The second-order valence-electron chi connectivity index (χ2n) is 3.32. The molecule has 1 rings (SSSR count). The van der Waals surface area contributed by atoms with Crippen molar-refractivity contribution < 1.29 is 4.79 Å². The zero-order valence-corrected chi connectivity index (χ0v) is 8.13. The van der Waals surface area contributed by atoms with Crippen LogP contribution in [0, 0.1) is 6.92 Å². The Labute approximate surface area is 78.8 Å². The molecule has 2 nitrogen and oxygen atoms in total. The van der Waals surface area contributed by atoms with Crippen LogP contribution in [-0.2, 0) is 6.42 Å². The minimum absolute atomic E-state index is 0.346. The molecule has 0 aromatic heterocycles. The van der Waals surface area contributed by atoms with Gasteiger partial charge in [-0.1, -0.05) is 25.0 Å². The van der Waals surface area contributed by atoms with Crippen LogP contribution in [0.4, 0.5) is 0 Å². The maximum Gasteiger partial charge on any atom is 0.248 e. The molecule has 0 bridgehead atoms. The fraction of sp³-hybridized carbons (Fsp3) is 0.364. The van der Waals surface area contributed by atoms with Crippen LogP contribution in [0.1, 0.15) is 34.8 Å². The van der Waals surface area contributed by atoms with Gasteiger partial charge >= 0.3 is 0 Å². The molecule has 2 N–H and O–H groups in total. The van der Waals surface area contributed by atoms with E-state index < -0.39 is 0 Å². The second-order valence-corrected chi connectivity index (χ2v) is 3.32. The molecule has 1 amide bonds. The topological polar surface area (TPSA) is 43.1 Å². The van der Waals surface area contributed by atoms with Gasteiger partial charge in [-0.25, -0.2) is 0 Å². The zero-order chi connectivity index (χ0) is 9.84. The number of benzene rings is 1. The van der Waals surface area contributed by atoms with Crippen molar-refractivity contribution in [1.29, 1.82) is 0 Å². The first-order chi connectivity index (χ1) is 6.13. The molecule has 0 atom stereocenters. The molecule has 0 spiro atoms. The Balaban J connectivity index is 3.03. The highest BCUT2D eigenvalue weighted by Crippen LogP contribution is 2.10. The van der Waals surface area contributed by atoms with Crippen LogP contribution in [0.15, 0.2) is 18.2 Å². The smallest absolute Gasteiger partial charge is 0.248 e. The van der Waals surface area contributed by atoms with Gasteiger partial charge in [-0.2, -0.15) is 0 Å². The predicted octanol–water partition coefficient (Wildman–Crippen LogP) is 2.05. The van der Waals surface area contributed by atoms with Gasteiger partial charge in [-0.05, 0) is 31.0 Å². The lowest BCUT2D eigenvalue weighted by Crippen LogP contribution is -2.11. The molecular formula is C11H15NO. The first kappa shape index (κ1) is 9.78. The Morgan fingerprint density at radius 2 is 2.08 bits per heavy atom. The summed E-state index contributed by atoms with van der Waals surface area (Å²) in [5.74, 6) is -0.346. The lowest BCUT2D eigenvalue weighted by atomic mass is 10.0. The van der Waals surface area contributed by atoms with E-state index in [1.165, 1.54) is 5.56 Å². The van der Waals surface area contributed by atoms with Crippen molar-refractivity contribution in [1.82, 2.24) is 0 Å². The number of nitrogens with two attached hydrogens (primary N) is 1. The monoisotopic (exact) mass is 177 g/mol. The van der Waals surface area contributed by atoms with Crippen molar-refractivity contribution in [2.45, 2.75) is 26.7 Å². The van der Waals surface area contributed by atoms with Crippen molar-refractivity contribution >= 4 is 5.91 Å². The maximum absolute atomic E-state index is 10.9. The molecule has 0 saturated heterocycles. The molecule has 0 aliphatic carbocycles. The molecule has 13 heavy (non-hydrogen) atoms. The largest absolute Gasteiger partial charge is 0.366 e. The average Bonchev–Trinajstić information content (AvgIpc) is 2.03. The van der Waals surface area contributed by atoms with Crippen molar-refractivity contribution in [2.24, 2.45) is 5.73 Å². The number of hydrogen-bond donors (Lipinski definition) is 1. The summed E-state index contributed by atoms with van der Waals surface area (Å²) in [4.78, 5) is 10.9. The highest BCUT2D eigenvalue weighted by Gasteiger charge is 2.02. The van der Waals surface area contributed by atoms with Crippen molar-refractivity contribution in [2.75, 3.05) is 0 Å². The molecule has 0 fully saturated rings. The van der Waals surface area contributed by atoms with Gasteiger partial charge in [0.2, 0.25) is 5.91 Å². The lowest BCUT2D eigenvalue weighted by Gasteiger charge is -2.03. The van der Waals surface area contributed by atoms with E-state index in [-0.39, 0.29) is 5.91 Å². The van der Waals surface area contributed by atoms with Crippen molar-refractivity contribution in [3.05, 3.63) is 34.9 Å². The van der Waals surface area contributed by atoms with Gasteiger partial charge in [0, 0.05) is 5.56 Å². The van der Waals surface area contributed by atoms with Crippen LogP contribution >= 0.6 is 0 Å². The molecule has 0 unspecified atom stereocenters. The van der Waals surface area contributed by atoms with Crippen LogP contribution in [0.3, 0.4) is 0 Å². The third-order valence-electron chi connectivity index (χ3n) is 1.96. The maximum atomic E-state index is 10.9. The number of aryl methyl sites for hydroxylation is 2. The number of carbonyl (C=O) groups excluding carboxylic acids is 1. The van der Waals surface area contributed by atoms with E-state index in [2.05, 4.69) is 13.0 Å². The predicted molar refractivity (Wildman–Crippen MR) is 53.7 cm³/mol. The van der Waals surface area contributed by atoms with Crippen molar-refractivity contribution in [3.63, 3.8) is 0 Å². The van der Waals surface area contributed by atoms with Gasteiger partial charge in [-0.15, -0.1) is 0 Å². The summed E-state index contributed by atoms with van der Waals surface area (Å²) < 4.78 is 0. The summed E-state index contributed by atoms with van der Waals surface area (Å²) in [6.07, 6.45) is 2.09. The fourth-order valence-corrected chi connectivity index (χ4v) is 1.44. The number of amides is 1. The molecule has 1 aromatic rings. The Kier molecular flexibility index (Phi) is 3.07. The van der Waals surface area contributed by atoms with E-state index >= 15 is 0 Å². The van der Waals surface area contributed by atoms with Gasteiger partial charge < -0.3 is 5.73 Å². The van der Waals surface area contributed by atoms with Crippen LogP contribution in [-0.4, -0.2) is 5.91 Å². The van der Waals surface area contributed by atoms with Gasteiger partial charge in [0.05, 0.1) is 0 Å². The Bertz CT molecular complexity index is 318. The molecule has 0 saturated carbocycles. The normalized spacial score (nSPS) is 10.0. The van der Waals surface area contributed by atoms with Crippen LogP contribution in [0.25, 0.3) is 0 Å². The van der Waals surface area contributed by atoms with Crippen LogP contribution in [0.2, 0.25) is 0 Å². The van der Waals surface area contributed by atoms with Gasteiger partial charge in [0.15, 0.2) is 0 Å². The van der Waals surface area contributed by atoms with E-state index in [9.17, 15) is 4.79 Å².